The molecule has 1 aliphatic carbocycles. The molecular formula is C22H26FN3O3. The first kappa shape index (κ1) is 19.6. The van der Waals surface area contributed by atoms with Gasteiger partial charge in [-0.3, -0.25) is 9.59 Å². The van der Waals surface area contributed by atoms with Gasteiger partial charge < -0.3 is 14.6 Å². The lowest BCUT2D eigenvalue weighted by molar-refractivity contribution is -0.127. The number of hydrogen-bond acceptors (Lipinski definition) is 4. The summed E-state index contributed by atoms with van der Waals surface area (Å²) in [6.45, 7) is 4.79. The minimum Gasteiger partial charge on any atom is -0.489 e. The Bertz CT molecular complexity index is 917. The quantitative estimate of drug-likeness (QED) is 0.592. The molecule has 2 fully saturated rings. The van der Waals surface area contributed by atoms with Gasteiger partial charge in [-0.15, -0.1) is 0 Å². The summed E-state index contributed by atoms with van der Waals surface area (Å²) in [6.07, 6.45) is 7.56. The van der Waals surface area contributed by atoms with Crippen LogP contribution < -0.4 is 4.74 Å². The van der Waals surface area contributed by atoms with Crippen LogP contribution >= 0.6 is 0 Å². The van der Waals surface area contributed by atoms with E-state index in [2.05, 4.69) is 16.5 Å². The third-order valence-electron chi connectivity index (χ3n) is 5.99. The molecule has 6 nitrogen and oxygen atoms in total. The number of hydrogen-bond donors (Lipinski definition) is 1. The Morgan fingerprint density at radius 3 is 2.79 bits per heavy atom. The van der Waals surface area contributed by atoms with Gasteiger partial charge in [-0.25, -0.2) is 9.37 Å². The zero-order chi connectivity index (χ0) is 20.4. The molecule has 0 spiro atoms. The van der Waals surface area contributed by atoms with Crippen molar-refractivity contribution in [1.82, 2.24) is 14.9 Å². The van der Waals surface area contributed by atoms with Crippen LogP contribution in [0, 0.1) is 5.92 Å². The molecule has 1 unspecified atom stereocenters. The van der Waals surface area contributed by atoms with Crippen LogP contribution in [0.2, 0.25) is 0 Å². The number of fused-ring (bicyclic) bond motifs is 1. The molecule has 2 atom stereocenters. The molecule has 1 saturated carbocycles. The van der Waals surface area contributed by atoms with Gasteiger partial charge in [-0.2, -0.15) is 0 Å². The Hall–Kier alpha value is -2.70. The molecule has 1 aliphatic heterocycles. The number of alkyl halides is 1. The van der Waals surface area contributed by atoms with Crippen LogP contribution in [0.4, 0.5) is 4.39 Å². The molecule has 2 aromatic heterocycles. The fourth-order valence-electron chi connectivity index (χ4n) is 4.37. The number of Topliss-reactive ketones (excluding diaryl/α,β-unsaturated/α-hetero) is 1. The molecule has 154 valence electrons. The highest BCUT2D eigenvalue weighted by Crippen LogP contribution is 2.32. The van der Waals surface area contributed by atoms with E-state index in [1.165, 1.54) is 6.08 Å². The number of nitrogens with one attached hydrogen (secondary N) is 1. The van der Waals surface area contributed by atoms with Crippen molar-refractivity contribution in [2.24, 2.45) is 5.92 Å². The molecule has 2 aliphatic rings. The number of rotatable bonds is 6. The van der Waals surface area contributed by atoms with Crippen LogP contribution in [0.25, 0.3) is 11.0 Å². The van der Waals surface area contributed by atoms with Crippen molar-refractivity contribution < 1.29 is 18.7 Å². The van der Waals surface area contributed by atoms with Gasteiger partial charge in [-0.05, 0) is 37.3 Å². The van der Waals surface area contributed by atoms with E-state index in [9.17, 15) is 14.0 Å². The Balaban J connectivity index is 1.42. The fourth-order valence-corrected chi connectivity index (χ4v) is 4.37. The van der Waals surface area contributed by atoms with Gasteiger partial charge in [0.05, 0.1) is 6.20 Å². The smallest absolute Gasteiger partial charge is 0.245 e. The van der Waals surface area contributed by atoms with Gasteiger partial charge >= 0.3 is 0 Å². The lowest BCUT2D eigenvalue weighted by Gasteiger charge is -2.31. The largest absolute Gasteiger partial charge is 0.489 e. The average molecular weight is 399 g/mol. The molecule has 0 radical (unpaired) electrons. The van der Waals surface area contributed by atoms with Crippen LogP contribution in [0.5, 0.6) is 5.75 Å². The number of halogens is 1. The number of likely N-dealkylation sites (tertiary alicyclic amines) is 1. The number of carbonyl (C=O) groups excluding carboxylic acids is 2. The minimum atomic E-state index is -0.773. The summed E-state index contributed by atoms with van der Waals surface area (Å²) in [5.74, 6) is 0.705. The fraction of sp³-hybridized carbons (Fsp3) is 0.500. The molecule has 2 aromatic rings. The zero-order valence-corrected chi connectivity index (χ0v) is 16.4. The summed E-state index contributed by atoms with van der Waals surface area (Å²) in [5, 5.41) is 0.738. The second kappa shape index (κ2) is 8.35. The van der Waals surface area contributed by atoms with E-state index in [0.717, 1.165) is 24.6 Å². The summed E-state index contributed by atoms with van der Waals surface area (Å²) in [4.78, 5) is 33.6. The summed E-state index contributed by atoms with van der Waals surface area (Å²) < 4.78 is 19.5. The van der Waals surface area contributed by atoms with Crippen molar-refractivity contribution in [3.05, 3.63) is 36.7 Å². The number of ether oxygens (including phenoxy) is 1. The zero-order valence-electron chi connectivity index (χ0n) is 16.4. The first-order valence-electron chi connectivity index (χ1n) is 10.3. The van der Waals surface area contributed by atoms with E-state index >= 15 is 0 Å². The van der Waals surface area contributed by atoms with E-state index < -0.39 is 6.17 Å². The SMILES string of the molecule is C=CC(=O)N1CCC(Oc2cnc3[nH]cc(C(=O)CC4CC[C@@H](F)C4)c3c2)CC1. The van der Waals surface area contributed by atoms with Crippen molar-refractivity contribution in [3.63, 3.8) is 0 Å². The predicted molar refractivity (Wildman–Crippen MR) is 108 cm³/mol. The van der Waals surface area contributed by atoms with Crippen LogP contribution in [0.1, 0.15) is 48.9 Å². The van der Waals surface area contributed by atoms with Gasteiger partial charge in [-0.1, -0.05) is 6.58 Å². The monoisotopic (exact) mass is 399 g/mol. The number of pyridine rings is 1. The molecule has 1 saturated heterocycles. The molecule has 1 N–H and O–H groups in total. The van der Waals surface area contributed by atoms with E-state index in [-0.39, 0.29) is 23.7 Å². The maximum absolute atomic E-state index is 13.4. The van der Waals surface area contributed by atoms with Crippen molar-refractivity contribution >= 4 is 22.7 Å². The molecule has 0 bridgehead atoms. The number of amides is 1. The first-order chi connectivity index (χ1) is 14.0. The Morgan fingerprint density at radius 1 is 1.31 bits per heavy atom. The topological polar surface area (TPSA) is 75.3 Å². The van der Waals surface area contributed by atoms with Crippen molar-refractivity contribution in [1.29, 1.82) is 0 Å². The molecule has 1 amide bonds. The summed E-state index contributed by atoms with van der Waals surface area (Å²) >= 11 is 0. The molecule has 4 rings (SSSR count). The normalized spacial score (nSPS) is 22.7. The number of aromatic nitrogens is 2. The molecule has 7 heteroatoms. The number of carbonyl (C=O) groups is 2. The standard InChI is InChI=1S/C22H26FN3O3/c1-2-21(28)26-7-5-16(6-8-26)29-17-11-18-19(13-25-22(18)24-12-17)20(27)10-14-3-4-15(23)9-14/h2,11-16H,1,3-10H2,(H,24,25)/t14?,15-/m1/s1. The highest BCUT2D eigenvalue weighted by molar-refractivity contribution is 6.07. The second-order valence-corrected chi connectivity index (χ2v) is 8.02. The van der Waals surface area contributed by atoms with E-state index in [0.29, 0.717) is 49.3 Å². The second-order valence-electron chi connectivity index (χ2n) is 8.02. The Labute approximate surface area is 169 Å². The van der Waals surface area contributed by atoms with Crippen LogP contribution in [0.15, 0.2) is 31.1 Å². The molecule has 3 heterocycles. The predicted octanol–water partition coefficient (Wildman–Crippen LogP) is 3.83. The van der Waals surface area contributed by atoms with Gasteiger partial charge in [0, 0.05) is 49.5 Å². The summed E-state index contributed by atoms with van der Waals surface area (Å²) in [6, 6.07) is 1.85. The number of nitrogens with zero attached hydrogens (tertiary/aromatic N) is 2. The van der Waals surface area contributed by atoms with Crippen LogP contribution in [-0.2, 0) is 4.79 Å². The highest BCUT2D eigenvalue weighted by atomic mass is 19.1. The van der Waals surface area contributed by atoms with Crippen molar-refractivity contribution in [3.8, 4) is 5.75 Å². The number of ketones is 1. The first-order valence-corrected chi connectivity index (χ1v) is 10.3. The van der Waals surface area contributed by atoms with Gasteiger partial charge in [0.15, 0.2) is 5.78 Å². The van der Waals surface area contributed by atoms with Crippen molar-refractivity contribution in [2.45, 2.75) is 50.8 Å². The van der Waals surface area contributed by atoms with Crippen molar-refractivity contribution in [2.75, 3.05) is 13.1 Å². The third kappa shape index (κ3) is 4.33. The summed E-state index contributed by atoms with van der Waals surface area (Å²) in [7, 11) is 0. The lowest BCUT2D eigenvalue weighted by Crippen LogP contribution is -2.41. The van der Waals surface area contributed by atoms with Crippen LogP contribution in [-0.4, -0.2) is 51.9 Å². The van der Waals surface area contributed by atoms with Gasteiger partial charge in [0.2, 0.25) is 5.91 Å². The molecular weight excluding hydrogens is 373 g/mol. The maximum Gasteiger partial charge on any atom is 0.245 e. The molecule has 29 heavy (non-hydrogen) atoms. The molecule has 0 aromatic carbocycles. The highest BCUT2D eigenvalue weighted by Gasteiger charge is 2.27. The third-order valence-corrected chi connectivity index (χ3v) is 5.99. The Kier molecular flexibility index (Phi) is 5.65. The average Bonchev–Trinajstić information content (AvgIpc) is 3.33. The van der Waals surface area contributed by atoms with E-state index in [4.69, 9.17) is 4.74 Å². The van der Waals surface area contributed by atoms with E-state index in [1.54, 1.807) is 17.3 Å². The number of H-pyrrole nitrogens is 1. The summed E-state index contributed by atoms with van der Waals surface area (Å²) in [5.41, 5.74) is 1.23. The lowest BCUT2D eigenvalue weighted by atomic mass is 9.97. The van der Waals surface area contributed by atoms with Gasteiger partial charge in [0.1, 0.15) is 23.7 Å². The van der Waals surface area contributed by atoms with Gasteiger partial charge in [0.25, 0.3) is 0 Å². The maximum atomic E-state index is 13.4. The Morgan fingerprint density at radius 2 is 2.10 bits per heavy atom. The number of aromatic amines is 1. The van der Waals surface area contributed by atoms with E-state index in [1.807, 2.05) is 6.07 Å². The minimum absolute atomic E-state index is 0.00110. The number of piperidine rings is 1. The van der Waals surface area contributed by atoms with Crippen LogP contribution in [0.3, 0.4) is 0 Å².